The van der Waals surface area contributed by atoms with Crippen LogP contribution in [0.1, 0.15) is 6.92 Å². The van der Waals surface area contributed by atoms with Gasteiger partial charge in [0.1, 0.15) is 6.61 Å². The molecule has 1 atom stereocenters. The van der Waals surface area contributed by atoms with Crippen LogP contribution in [0, 0.1) is 49.5 Å². The Hall–Kier alpha value is 1.17. The minimum absolute atomic E-state index is 0. The van der Waals surface area contributed by atoms with Gasteiger partial charge in [-0.3, -0.25) is 4.79 Å². The fraction of sp³-hybridized carbons (Fsp3) is 0.857. The maximum Gasteiger partial charge on any atom is 0.302 e. The Balaban J connectivity index is 0.00000196. The largest absolute Gasteiger partial charge is 0.465 e. The monoisotopic (exact) mass is 467 g/mol. The molecule has 1 aliphatic heterocycles. The van der Waals surface area contributed by atoms with E-state index in [0.717, 1.165) is 10.8 Å². The summed E-state index contributed by atoms with van der Waals surface area (Å²) in [6.07, 6.45) is 0. The fourth-order valence-corrected chi connectivity index (χ4v) is 5.38. The first-order valence-corrected chi connectivity index (χ1v) is 7.16. The van der Waals surface area contributed by atoms with Crippen molar-refractivity contribution in [2.75, 3.05) is 24.7 Å². The molecule has 0 aromatic heterocycles. The van der Waals surface area contributed by atoms with E-state index < -0.39 is 20.3 Å². The first kappa shape index (κ1) is 16.2. The standard InChI is InChI=1S/C7H12O5S2.Ac/c1-6(9)12-3-7(2-8)4-13-14(10,11)5-7;/h8H,2-5H2,1H3;. The maximum atomic E-state index is 11.2. The van der Waals surface area contributed by atoms with Gasteiger partial charge in [-0.1, -0.05) is 0 Å². The predicted octanol–water partition coefficient (Wildman–Crippen LogP) is -0.395. The molecule has 1 unspecified atom stereocenters. The molecular formula is C7H12AcO5S2. The maximum absolute atomic E-state index is 11.2. The van der Waals surface area contributed by atoms with Crippen molar-refractivity contribution in [3.63, 3.8) is 0 Å². The van der Waals surface area contributed by atoms with Gasteiger partial charge in [-0.25, -0.2) is 8.42 Å². The molecule has 1 fully saturated rings. The first-order valence-electron chi connectivity index (χ1n) is 4.00. The zero-order valence-electron chi connectivity index (χ0n) is 8.30. The second-order valence-electron chi connectivity index (χ2n) is 3.40. The van der Waals surface area contributed by atoms with Crippen LogP contribution in [0.25, 0.3) is 0 Å². The molecule has 8 heteroatoms. The minimum atomic E-state index is -3.15. The van der Waals surface area contributed by atoms with Crippen molar-refractivity contribution in [1.82, 2.24) is 0 Å². The molecule has 85 valence electrons. The number of hydrogen-bond acceptors (Lipinski definition) is 6. The summed E-state index contributed by atoms with van der Waals surface area (Å²) in [4.78, 5) is 10.6. The molecular weight excluding hydrogens is 455 g/mol. The van der Waals surface area contributed by atoms with Crippen molar-refractivity contribution < 1.29 is 67.1 Å². The zero-order chi connectivity index (χ0) is 10.8. The van der Waals surface area contributed by atoms with Crippen LogP contribution in [0.3, 0.4) is 0 Å². The molecule has 1 radical (unpaired) electrons. The summed E-state index contributed by atoms with van der Waals surface area (Å²) in [5.74, 6) is -0.319. The summed E-state index contributed by atoms with van der Waals surface area (Å²) < 4.78 is 27.1. The van der Waals surface area contributed by atoms with Crippen LogP contribution in [-0.4, -0.2) is 44.2 Å². The molecule has 0 aliphatic carbocycles. The molecule has 1 aliphatic rings. The quantitative estimate of drug-likeness (QED) is 0.450. The van der Waals surface area contributed by atoms with E-state index in [1.54, 1.807) is 0 Å². The SMILES string of the molecule is CC(=O)OCC1(CO)CSS(=O)(=O)C1.[Ac]. The van der Waals surface area contributed by atoms with E-state index in [2.05, 4.69) is 0 Å². The summed E-state index contributed by atoms with van der Waals surface area (Å²) in [5.41, 5.74) is -0.810. The Morgan fingerprint density at radius 2 is 2.20 bits per heavy atom. The first-order chi connectivity index (χ1) is 6.39. The van der Waals surface area contributed by atoms with Crippen LogP contribution < -0.4 is 0 Å². The number of hydrogen-bond donors (Lipinski definition) is 1. The number of ether oxygens (including phenoxy) is 1. The second kappa shape index (κ2) is 6.20. The van der Waals surface area contributed by atoms with Gasteiger partial charge in [0.2, 0.25) is 8.87 Å². The average molecular weight is 467 g/mol. The molecule has 0 aromatic carbocycles. The molecule has 1 heterocycles. The molecule has 0 bridgehead atoms. The third-order valence-electron chi connectivity index (χ3n) is 1.94. The number of aliphatic hydroxyl groups is 1. The number of aliphatic hydroxyl groups excluding tert-OH is 1. The van der Waals surface area contributed by atoms with E-state index in [4.69, 9.17) is 9.84 Å². The van der Waals surface area contributed by atoms with Gasteiger partial charge in [-0.2, -0.15) is 0 Å². The van der Waals surface area contributed by atoms with E-state index >= 15 is 0 Å². The van der Waals surface area contributed by atoms with Crippen LogP contribution in [0.4, 0.5) is 0 Å². The van der Waals surface area contributed by atoms with Crippen LogP contribution in [-0.2, 0) is 18.4 Å². The van der Waals surface area contributed by atoms with Crippen molar-refractivity contribution >= 4 is 25.6 Å². The summed E-state index contributed by atoms with van der Waals surface area (Å²) in [6.45, 7) is 0.930. The smallest absolute Gasteiger partial charge is 0.302 e. The minimum Gasteiger partial charge on any atom is -0.465 e. The van der Waals surface area contributed by atoms with Gasteiger partial charge < -0.3 is 9.84 Å². The Labute approximate surface area is 128 Å². The number of esters is 1. The number of carbonyl (C=O) groups is 1. The fourth-order valence-electron chi connectivity index (χ4n) is 1.15. The van der Waals surface area contributed by atoms with Crippen molar-refractivity contribution in [2.24, 2.45) is 5.41 Å². The molecule has 0 amide bonds. The zero-order valence-corrected chi connectivity index (χ0v) is 14.7. The molecule has 1 saturated heterocycles. The molecule has 0 spiro atoms. The summed E-state index contributed by atoms with van der Waals surface area (Å²) in [7, 11) is -2.34. The average Bonchev–Trinajstić information content (AvgIpc) is 2.40. The van der Waals surface area contributed by atoms with E-state index in [1.165, 1.54) is 6.92 Å². The molecule has 1 rings (SSSR count). The van der Waals surface area contributed by atoms with Gasteiger partial charge in [0, 0.05) is 56.7 Å². The van der Waals surface area contributed by atoms with Crippen LogP contribution in [0.5, 0.6) is 0 Å². The second-order valence-corrected chi connectivity index (χ2v) is 7.56. The predicted molar refractivity (Wildman–Crippen MR) is 52.4 cm³/mol. The molecule has 1 N–H and O–H groups in total. The van der Waals surface area contributed by atoms with Crippen LogP contribution in [0.2, 0.25) is 0 Å². The Bertz CT molecular complexity index is 328. The van der Waals surface area contributed by atoms with Crippen LogP contribution in [0.15, 0.2) is 0 Å². The van der Waals surface area contributed by atoms with Crippen molar-refractivity contribution in [3.8, 4) is 0 Å². The summed E-state index contributed by atoms with van der Waals surface area (Å²) in [6, 6.07) is 0. The Morgan fingerprint density at radius 3 is 2.53 bits per heavy atom. The molecule has 5 nitrogen and oxygen atoms in total. The molecule has 15 heavy (non-hydrogen) atoms. The topological polar surface area (TPSA) is 80.7 Å². The van der Waals surface area contributed by atoms with Gasteiger partial charge >= 0.3 is 5.97 Å². The van der Waals surface area contributed by atoms with Gasteiger partial charge in [-0.05, 0) is 10.8 Å². The van der Waals surface area contributed by atoms with Crippen molar-refractivity contribution in [1.29, 1.82) is 0 Å². The normalized spacial score (nSPS) is 28.1. The Kier molecular flexibility index (Phi) is 6.68. The van der Waals surface area contributed by atoms with Gasteiger partial charge in [0.15, 0.2) is 0 Å². The van der Waals surface area contributed by atoms with Gasteiger partial charge in [0.05, 0.1) is 17.8 Å². The van der Waals surface area contributed by atoms with E-state index in [-0.39, 0.29) is 68.8 Å². The van der Waals surface area contributed by atoms with Crippen LogP contribution >= 0.6 is 10.8 Å². The van der Waals surface area contributed by atoms with E-state index in [1.807, 2.05) is 0 Å². The van der Waals surface area contributed by atoms with Gasteiger partial charge in [-0.15, -0.1) is 0 Å². The molecule has 0 saturated carbocycles. The molecule has 0 aromatic rings. The third kappa shape index (κ3) is 4.90. The third-order valence-corrected chi connectivity index (χ3v) is 5.78. The summed E-state index contributed by atoms with van der Waals surface area (Å²) >= 11 is 0. The number of carbonyl (C=O) groups excluding carboxylic acids is 1. The summed E-state index contributed by atoms with van der Waals surface area (Å²) in [5, 5.41) is 9.09. The van der Waals surface area contributed by atoms with E-state index in [0.29, 0.717) is 0 Å². The van der Waals surface area contributed by atoms with E-state index in [9.17, 15) is 13.2 Å². The number of rotatable bonds is 3. The Morgan fingerprint density at radius 1 is 1.60 bits per heavy atom. The van der Waals surface area contributed by atoms with Crippen molar-refractivity contribution in [2.45, 2.75) is 6.92 Å². The van der Waals surface area contributed by atoms with Gasteiger partial charge in [0.25, 0.3) is 0 Å². The van der Waals surface area contributed by atoms with Crippen molar-refractivity contribution in [3.05, 3.63) is 0 Å².